The van der Waals surface area contributed by atoms with Crippen molar-refractivity contribution in [1.29, 1.82) is 0 Å². The van der Waals surface area contributed by atoms with Gasteiger partial charge in [0.1, 0.15) is 0 Å². The molecular formula is C22H39N3O2. The Balaban J connectivity index is 1.28. The van der Waals surface area contributed by atoms with Crippen molar-refractivity contribution in [1.82, 2.24) is 15.1 Å². The van der Waals surface area contributed by atoms with Crippen LogP contribution in [0.2, 0.25) is 0 Å². The Kier molecular flexibility index (Phi) is 6.28. The first-order valence-corrected chi connectivity index (χ1v) is 11.6. The largest absolute Gasteiger partial charge is 0.376 e. The number of hydrogen-bond acceptors (Lipinski definition) is 3. The lowest BCUT2D eigenvalue weighted by atomic mass is 9.81. The number of carbonyl (C=O) groups is 1. The number of likely N-dealkylation sites (tertiary alicyclic amines) is 1. The van der Waals surface area contributed by atoms with Gasteiger partial charge in [-0.2, -0.15) is 0 Å². The zero-order valence-electron chi connectivity index (χ0n) is 17.4. The van der Waals surface area contributed by atoms with Gasteiger partial charge >= 0.3 is 6.03 Å². The minimum absolute atomic E-state index is 0.211. The average Bonchev–Trinajstić information content (AvgIpc) is 2.68. The fourth-order valence-corrected chi connectivity index (χ4v) is 6.15. The van der Waals surface area contributed by atoms with E-state index in [4.69, 9.17) is 4.74 Å². The summed E-state index contributed by atoms with van der Waals surface area (Å²) in [5, 5.41) is 3.18. The van der Waals surface area contributed by atoms with Crippen LogP contribution in [0, 0.1) is 5.92 Å². The van der Waals surface area contributed by atoms with Crippen LogP contribution < -0.4 is 5.32 Å². The number of nitrogens with one attached hydrogen (secondary N) is 1. The summed E-state index contributed by atoms with van der Waals surface area (Å²) in [6.07, 6.45) is 13.2. The van der Waals surface area contributed by atoms with E-state index >= 15 is 0 Å². The maximum atomic E-state index is 12.6. The minimum Gasteiger partial charge on any atom is -0.376 e. The van der Waals surface area contributed by atoms with Crippen LogP contribution in [0.4, 0.5) is 4.79 Å². The number of carbonyl (C=O) groups excluding carboxylic acids is 1. The van der Waals surface area contributed by atoms with E-state index in [-0.39, 0.29) is 6.03 Å². The second kappa shape index (κ2) is 8.69. The first-order chi connectivity index (χ1) is 13.1. The summed E-state index contributed by atoms with van der Waals surface area (Å²) in [6.45, 7) is 7.51. The summed E-state index contributed by atoms with van der Waals surface area (Å²) in [4.78, 5) is 17.6. The van der Waals surface area contributed by atoms with E-state index in [1.165, 1.54) is 51.4 Å². The molecule has 2 saturated heterocycles. The monoisotopic (exact) mass is 377 g/mol. The topological polar surface area (TPSA) is 44.8 Å². The lowest BCUT2D eigenvalue weighted by Crippen LogP contribution is -2.63. The molecule has 5 nitrogen and oxygen atoms in total. The number of piperidine rings is 1. The van der Waals surface area contributed by atoms with Crippen LogP contribution in [0.15, 0.2) is 0 Å². The molecule has 0 aromatic heterocycles. The summed E-state index contributed by atoms with van der Waals surface area (Å²) in [5.74, 6) is 0.686. The second-order valence-electron chi connectivity index (χ2n) is 9.59. The molecule has 2 aliphatic carbocycles. The fourth-order valence-electron chi connectivity index (χ4n) is 6.15. The van der Waals surface area contributed by atoms with Crippen molar-refractivity contribution in [2.45, 2.75) is 108 Å². The van der Waals surface area contributed by atoms with Gasteiger partial charge in [-0.3, -0.25) is 0 Å². The van der Waals surface area contributed by atoms with Gasteiger partial charge in [-0.1, -0.05) is 12.8 Å². The Morgan fingerprint density at radius 3 is 2.33 bits per heavy atom. The van der Waals surface area contributed by atoms with E-state index < -0.39 is 0 Å². The maximum absolute atomic E-state index is 12.6. The Bertz CT molecular complexity index is 496. The van der Waals surface area contributed by atoms with E-state index in [1.807, 2.05) is 0 Å². The number of rotatable bonds is 4. The summed E-state index contributed by atoms with van der Waals surface area (Å²) in [7, 11) is 0. The van der Waals surface area contributed by atoms with E-state index in [0.717, 1.165) is 38.5 Å². The molecule has 0 unspecified atom stereocenters. The third-order valence-electron chi connectivity index (χ3n) is 7.49. The molecule has 0 aromatic rings. The molecule has 0 aromatic carbocycles. The smallest absolute Gasteiger partial charge is 0.317 e. The van der Waals surface area contributed by atoms with Crippen LogP contribution in [-0.4, -0.2) is 65.8 Å². The van der Waals surface area contributed by atoms with Gasteiger partial charge in [0.05, 0.1) is 12.2 Å². The quantitative estimate of drug-likeness (QED) is 0.811. The van der Waals surface area contributed by atoms with E-state index in [1.54, 1.807) is 0 Å². The maximum Gasteiger partial charge on any atom is 0.317 e. The molecule has 5 heteroatoms. The van der Waals surface area contributed by atoms with Gasteiger partial charge in [-0.15, -0.1) is 0 Å². The van der Waals surface area contributed by atoms with Crippen LogP contribution in [0.3, 0.4) is 0 Å². The first-order valence-electron chi connectivity index (χ1n) is 11.6. The number of ether oxygens (including phenoxy) is 1. The molecule has 4 rings (SSSR count). The molecule has 4 aliphatic rings. The molecule has 2 heterocycles. The van der Waals surface area contributed by atoms with Crippen molar-refractivity contribution in [3.05, 3.63) is 0 Å². The number of nitrogens with zero attached hydrogens (tertiary/aromatic N) is 2. The van der Waals surface area contributed by atoms with Gasteiger partial charge in [-0.25, -0.2) is 4.79 Å². The van der Waals surface area contributed by atoms with Gasteiger partial charge < -0.3 is 19.9 Å². The highest BCUT2D eigenvalue weighted by atomic mass is 16.5. The predicted molar refractivity (Wildman–Crippen MR) is 108 cm³/mol. The van der Waals surface area contributed by atoms with E-state index in [9.17, 15) is 4.79 Å². The Morgan fingerprint density at radius 2 is 1.63 bits per heavy atom. The molecule has 1 N–H and O–H groups in total. The molecule has 0 radical (unpaired) electrons. The van der Waals surface area contributed by atoms with Gasteiger partial charge in [0.2, 0.25) is 0 Å². The zero-order valence-corrected chi connectivity index (χ0v) is 17.4. The highest BCUT2D eigenvalue weighted by Crippen LogP contribution is 2.35. The molecule has 0 bridgehead atoms. The molecule has 154 valence electrons. The lowest BCUT2D eigenvalue weighted by Gasteiger charge is -2.50. The molecule has 2 aliphatic heterocycles. The van der Waals surface area contributed by atoms with Crippen molar-refractivity contribution in [3.63, 3.8) is 0 Å². The summed E-state index contributed by atoms with van der Waals surface area (Å²) in [5.41, 5.74) is 0. The molecule has 2 amide bonds. The zero-order chi connectivity index (χ0) is 18.8. The Labute approximate surface area is 165 Å². The van der Waals surface area contributed by atoms with E-state index in [2.05, 4.69) is 29.0 Å². The van der Waals surface area contributed by atoms with Gasteiger partial charge in [0.25, 0.3) is 0 Å². The number of urea groups is 1. The Hall–Kier alpha value is -0.810. The van der Waals surface area contributed by atoms with Crippen molar-refractivity contribution >= 4 is 6.03 Å². The minimum atomic E-state index is 0.211. The fraction of sp³-hybridized carbons (Fsp3) is 0.955. The first kappa shape index (κ1) is 19.5. The third-order valence-corrected chi connectivity index (χ3v) is 7.49. The molecule has 2 saturated carbocycles. The summed E-state index contributed by atoms with van der Waals surface area (Å²) in [6, 6.07) is 1.90. The highest BCUT2D eigenvalue weighted by molar-refractivity contribution is 5.76. The SMILES string of the molecule is CC(C)OC1CCC(N2CCC(N3C(=O)NC[C@H]4CCCC[C@@H]43)CC2)CC1. The molecule has 27 heavy (non-hydrogen) atoms. The number of amides is 2. The van der Waals surface area contributed by atoms with Gasteiger partial charge in [0.15, 0.2) is 0 Å². The second-order valence-corrected chi connectivity index (χ2v) is 9.59. The normalized spacial score (nSPS) is 36.6. The van der Waals surface area contributed by atoms with Gasteiger partial charge in [0, 0.05) is 37.8 Å². The Morgan fingerprint density at radius 1 is 0.926 bits per heavy atom. The van der Waals surface area contributed by atoms with Crippen molar-refractivity contribution < 1.29 is 9.53 Å². The van der Waals surface area contributed by atoms with Crippen LogP contribution in [0.5, 0.6) is 0 Å². The van der Waals surface area contributed by atoms with Crippen molar-refractivity contribution in [2.75, 3.05) is 19.6 Å². The molecular weight excluding hydrogens is 338 g/mol. The summed E-state index contributed by atoms with van der Waals surface area (Å²) < 4.78 is 6.02. The number of fused-ring (bicyclic) bond motifs is 1. The molecule has 0 spiro atoms. The standard InChI is InChI=1S/C22H39N3O2/c1-16(2)27-20-9-7-18(8-10-20)24-13-11-19(12-14-24)25-21-6-4-3-5-17(21)15-23-22(25)26/h16-21H,3-15H2,1-2H3,(H,23,26)/t17-,18?,20?,21+/m1/s1. The van der Waals surface area contributed by atoms with E-state index in [0.29, 0.717) is 30.2 Å². The van der Waals surface area contributed by atoms with Crippen molar-refractivity contribution in [2.24, 2.45) is 5.92 Å². The molecule has 4 fully saturated rings. The van der Waals surface area contributed by atoms with Crippen LogP contribution in [-0.2, 0) is 4.74 Å². The van der Waals surface area contributed by atoms with Crippen LogP contribution >= 0.6 is 0 Å². The lowest BCUT2D eigenvalue weighted by molar-refractivity contribution is -0.0318. The van der Waals surface area contributed by atoms with Gasteiger partial charge in [-0.05, 0) is 71.1 Å². The predicted octanol–water partition coefficient (Wildman–Crippen LogP) is 3.77. The van der Waals surface area contributed by atoms with Crippen LogP contribution in [0.1, 0.15) is 78.1 Å². The molecule has 2 atom stereocenters. The average molecular weight is 378 g/mol. The van der Waals surface area contributed by atoms with Crippen molar-refractivity contribution in [3.8, 4) is 0 Å². The number of hydrogen-bond donors (Lipinski definition) is 1. The van der Waals surface area contributed by atoms with Crippen LogP contribution in [0.25, 0.3) is 0 Å². The highest BCUT2D eigenvalue weighted by Gasteiger charge is 2.42. The third kappa shape index (κ3) is 4.45. The summed E-state index contributed by atoms with van der Waals surface area (Å²) >= 11 is 0.